The number of benzene rings is 1. The van der Waals surface area contributed by atoms with Crippen LogP contribution in [-0.2, 0) is 28.7 Å². The van der Waals surface area contributed by atoms with Crippen LogP contribution in [0.15, 0.2) is 36.5 Å². The standard InChI is InChI=1S/C13H11F3N2O2/c14-13(15,16)10-3-1-2-9(6-10)8-20-12(19)7-11-4-5-17-18-11/h1-6H,7-8H2,(H,17,18). The largest absolute Gasteiger partial charge is 0.461 e. The highest BCUT2D eigenvalue weighted by atomic mass is 19.4. The minimum atomic E-state index is -4.41. The van der Waals surface area contributed by atoms with Crippen LogP contribution in [0.5, 0.6) is 0 Å². The predicted octanol–water partition coefficient (Wildman–Crippen LogP) is 2.71. The highest BCUT2D eigenvalue weighted by Crippen LogP contribution is 2.29. The summed E-state index contributed by atoms with van der Waals surface area (Å²) < 4.78 is 42.4. The lowest BCUT2D eigenvalue weighted by atomic mass is 10.1. The van der Waals surface area contributed by atoms with Crippen molar-refractivity contribution in [1.82, 2.24) is 10.2 Å². The normalized spacial score (nSPS) is 11.3. The predicted molar refractivity (Wildman–Crippen MR) is 63.5 cm³/mol. The number of nitrogens with one attached hydrogen (secondary N) is 1. The molecule has 1 N–H and O–H groups in total. The Morgan fingerprint density at radius 3 is 2.75 bits per heavy atom. The molecule has 0 fully saturated rings. The zero-order valence-electron chi connectivity index (χ0n) is 10.3. The van der Waals surface area contributed by atoms with Gasteiger partial charge in [0.2, 0.25) is 0 Å². The minimum Gasteiger partial charge on any atom is -0.461 e. The quantitative estimate of drug-likeness (QED) is 0.878. The second-order valence-electron chi connectivity index (χ2n) is 4.12. The molecule has 0 aliphatic rings. The molecule has 0 radical (unpaired) electrons. The van der Waals surface area contributed by atoms with Crippen LogP contribution in [0.25, 0.3) is 0 Å². The lowest BCUT2D eigenvalue weighted by Gasteiger charge is -2.09. The summed E-state index contributed by atoms with van der Waals surface area (Å²) in [6, 6.07) is 6.30. The highest BCUT2D eigenvalue weighted by Gasteiger charge is 2.30. The number of carbonyl (C=O) groups is 1. The van der Waals surface area contributed by atoms with Crippen molar-refractivity contribution < 1.29 is 22.7 Å². The van der Waals surface area contributed by atoms with Crippen LogP contribution in [0.1, 0.15) is 16.8 Å². The topological polar surface area (TPSA) is 55.0 Å². The van der Waals surface area contributed by atoms with Crippen LogP contribution < -0.4 is 0 Å². The van der Waals surface area contributed by atoms with E-state index in [9.17, 15) is 18.0 Å². The zero-order valence-corrected chi connectivity index (χ0v) is 10.3. The maximum atomic E-state index is 12.5. The van der Waals surface area contributed by atoms with Gasteiger partial charge in [-0.3, -0.25) is 9.89 Å². The van der Waals surface area contributed by atoms with Gasteiger partial charge in [0.05, 0.1) is 12.0 Å². The van der Waals surface area contributed by atoms with Gasteiger partial charge in [0.15, 0.2) is 0 Å². The van der Waals surface area contributed by atoms with E-state index in [0.717, 1.165) is 12.1 Å². The van der Waals surface area contributed by atoms with Crippen molar-refractivity contribution in [2.45, 2.75) is 19.2 Å². The van der Waals surface area contributed by atoms with E-state index in [1.807, 2.05) is 0 Å². The summed E-state index contributed by atoms with van der Waals surface area (Å²) in [6.07, 6.45) is -2.91. The van der Waals surface area contributed by atoms with Gasteiger partial charge < -0.3 is 4.74 Å². The first-order chi connectivity index (χ1) is 9.45. The molecule has 20 heavy (non-hydrogen) atoms. The lowest BCUT2D eigenvalue weighted by molar-refractivity contribution is -0.144. The Morgan fingerprint density at radius 1 is 1.30 bits per heavy atom. The number of alkyl halides is 3. The maximum absolute atomic E-state index is 12.5. The van der Waals surface area contributed by atoms with Crippen molar-refractivity contribution >= 4 is 5.97 Å². The Labute approximate surface area is 112 Å². The van der Waals surface area contributed by atoms with Gasteiger partial charge in [0, 0.05) is 11.9 Å². The van der Waals surface area contributed by atoms with Crippen LogP contribution in [0.3, 0.4) is 0 Å². The number of esters is 1. The molecule has 4 nitrogen and oxygen atoms in total. The molecule has 1 aromatic heterocycles. The number of carbonyl (C=O) groups excluding carboxylic acids is 1. The summed E-state index contributed by atoms with van der Waals surface area (Å²) >= 11 is 0. The Kier molecular flexibility index (Phi) is 4.07. The van der Waals surface area contributed by atoms with E-state index in [0.29, 0.717) is 5.69 Å². The third-order valence-corrected chi connectivity index (χ3v) is 2.55. The Morgan fingerprint density at radius 2 is 2.10 bits per heavy atom. The Bertz CT molecular complexity index is 580. The van der Waals surface area contributed by atoms with Gasteiger partial charge in [-0.05, 0) is 23.8 Å². The molecule has 0 atom stereocenters. The molecule has 0 spiro atoms. The number of hydrogen-bond acceptors (Lipinski definition) is 3. The Hall–Kier alpha value is -2.31. The van der Waals surface area contributed by atoms with E-state index in [1.165, 1.54) is 18.3 Å². The average molecular weight is 284 g/mol. The molecule has 0 saturated heterocycles. The number of hydrogen-bond donors (Lipinski definition) is 1. The molecule has 0 saturated carbocycles. The number of nitrogens with zero attached hydrogens (tertiary/aromatic N) is 1. The van der Waals surface area contributed by atoms with Crippen molar-refractivity contribution in [2.24, 2.45) is 0 Å². The highest BCUT2D eigenvalue weighted by molar-refractivity contribution is 5.71. The number of ether oxygens (including phenoxy) is 1. The van der Waals surface area contributed by atoms with Gasteiger partial charge in [-0.25, -0.2) is 0 Å². The first-order valence-corrected chi connectivity index (χ1v) is 5.75. The van der Waals surface area contributed by atoms with Gasteiger partial charge in [-0.1, -0.05) is 12.1 Å². The average Bonchev–Trinajstić information content (AvgIpc) is 2.88. The molecular formula is C13H11F3N2O2. The molecule has 0 aliphatic heterocycles. The summed E-state index contributed by atoms with van der Waals surface area (Å²) in [4.78, 5) is 11.5. The fourth-order valence-electron chi connectivity index (χ4n) is 1.59. The van der Waals surface area contributed by atoms with Crippen molar-refractivity contribution in [2.75, 3.05) is 0 Å². The fourth-order valence-corrected chi connectivity index (χ4v) is 1.59. The van der Waals surface area contributed by atoms with Gasteiger partial charge in [0.25, 0.3) is 0 Å². The van der Waals surface area contributed by atoms with Crippen molar-refractivity contribution in [1.29, 1.82) is 0 Å². The van der Waals surface area contributed by atoms with E-state index < -0.39 is 17.7 Å². The zero-order chi connectivity index (χ0) is 14.6. The summed E-state index contributed by atoms with van der Waals surface area (Å²) in [5.74, 6) is -0.535. The molecule has 0 amide bonds. The number of H-pyrrole nitrogens is 1. The van der Waals surface area contributed by atoms with Crippen LogP contribution >= 0.6 is 0 Å². The van der Waals surface area contributed by atoms with E-state index >= 15 is 0 Å². The van der Waals surface area contributed by atoms with Gasteiger partial charge in [-0.15, -0.1) is 0 Å². The van der Waals surface area contributed by atoms with Crippen molar-refractivity contribution in [3.8, 4) is 0 Å². The number of halogens is 3. The minimum absolute atomic E-state index is 0.00103. The molecule has 2 rings (SSSR count). The van der Waals surface area contributed by atoms with Crippen LogP contribution in [0.4, 0.5) is 13.2 Å². The van der Waals surface area contributed by atoms with E-state index in [1.54, 1.807) is 6.07 Å². The molecule has 0 bridgehead atoms. The maximum Gasteiger partial charge on any atom is 0.416 e. The molecule has 2 aromatic rings. The summed E-state index contributed by atoms with van der Waals surface area (Å²) in [5.41, 5.74) is 0.108. The van der Waals surface area contributed by atoms with Crippen molar-refractivity contribution in [3.05, 3.63) is 53.3 Å². The molecular weight excluding hydrogens is 273 g/mol. The van der Waals surface area contributed by atoms with Crippen molar-refractivity contribution in [3.63, 3.8) is 0 Å². The molecule has 1 aromatic carbocycles. The Balaban J connectivity index is 1.92. The number of rotatable bonds is 4. The van der Waals surface area contributed by atoms with E-state index in [4.69, 9.17) is 4.74 Å². The molecule has 1 heterocycles. The fraction of sp³-hybridized carbons (Fsp3) is 0.231. The van der Waals surface area contributed by atoms with Crippen LogP contribution in [0, 0.1) is 0 Å². The van der Waals surface area contributed by atoms with Gasteiger partial charge in [0.1, 0.15) is 6.61 Å². The van der Waals surface area contributed by atoms with E-state index in [-0.39, 0.29) is 18.6 Å². The van der Waals surface area contributed by atoms with Gasteiger partial charge in [-0.2, -0.15) is 18.3 Å². The van der Waals surface area contributed by atoms with E-state index in [2.05, 4.69) is 10.2 Å². The third-order valence-electron chi connectivity index (χ3n) is 2.55. The summed E-state index contributed by atoms with van der Waals surface area (Å²) in [6.45, 7) is -0.198. The molecule has 0 aliphatic carbocycles. The van der Waals surface area contributed by atoms with Gasteiger partial charge >= 0.3 is 12.1 Å². The smallest absolute Gasteiger partial charge is 0.416 e. The second-order valence-corrected chi connectivity index (χ2v) is 4.12. The first kappa shape index (κ1) is 14.1. The SMILES string of the molecule is O=C(Cc1ccn[nH]1)OCc1cccc(C(F)(F)F)c1. The molecule has 106 valence electrons. The monoisotopic (exact) mass is 284 g/mol. The molecule has 0 unspecified atom stereocenters. The third kappa shape index (κ3) is 3.84. The van der Waals surface area contributed by atoms with Crippen LogP contribution in [-0.4, -0.2) is 16.2 Å². The molecule has 7 heteroatoms. The summed E-state index contributed by atoms with van der Waals surface area (Å²) in [7, 11) is 0. The lowest BCUT2D eigenvalue weighted by Crippen LogP contribution is -2.09. The first-order valence-electron chi connectivity index (χ1n) is 5.75. The van der Waals surface area contributed by atoms with Crippen LogP contribution in [0.2, 0.25) is 0 Å². The summed E-state index contributed by atoms with van der Waals surface area (Å²) in [5, 5.41) is 6.27. The second kappa shape index (κ2) is 5.77. The number of aromatic amines is 1. The number of aromatic nitrogens is 2.